The molecule has 0 radical (unpaired) electrons. The Labute approximate surface area is 420 Å². The van der Waals surface area contributed by atoms with Crippen LogP contribution in [-0.2, 0) is 9.47 Å². The van der Waals surface area contributed by atoms with E-state index in [0.29, 0.717) is 0 Å². The van der Waals surface area contributed by atoms with E-state index in [1.165, 1.54) is 307 Å². The maximum Gasteiger partial charge on any atom is 0.0901 e. The molecule has 0 heterocycles. The van der Waals surface area contributed by atoms with E-state index in [9.17, 15) is 0 Å². The maximum absolute atomic E-state index is 6.31. The first-order valence-electron chi connectivity index (χ1n) is 31.4. The zero-order valence-electron chi connectivity index (χ0n) is 47.7. The van der Waals surface area contributed by atoms with Gasteiger partial charge >= 0.3 is 0 Å². The molecule has 0 fully saturated rings. The fourth-order valence-electron chi connectivity index (χ4n) is 9.92. The predicted molar refractivity (Wildman–Crippen MR) is 302 cm³/mol. The Morgan fingerprint density at radius 2 is 0.561 bits per heavy atom. The number of ether oxygens (including phenoxy) is 2. The lowest BCUT2D eigenvalue weighted by Gasteiger charge is -2.20. The molecular weight excluding hydrogens is 801 g/mol. The summed E-state index contributed by atoms with van der Waals surface area (Å²) in [6.07, 6.45) is 69.5. The minimum atomic E-state index is 0.764. The third-order valence-corrected chi connectivity index (χ3v) is 15.0. The topological polar surface area (TPSA) is 18.5 Å². The van der Waals surface area contributed by atoms with Crippen LogP contribution in [0.15, 0.2) is 11.8 Å². The second-order valence-electron chi connectivity index (χ2n) is 21.7. The summed E-state index contributed by atoms with van der Waals surface area (Å²) in [5, 5.41) is 0. The number of hydrogen-bond acceptors (Lipinski definition) is 2. The Morgan fingerprint density at radius 3 is 0.864 bits per heavy atom. The lowest BCUT2D eigenvalue weighted by atomic mass is 9.94. The highest BCUT2D eigenvalue weighted by Gasteiger charge is 2.13. The van der Waals surface area contributed by atoms with Crippen LogP contribution in [0.25, 0.3) is 0 Å². The van der Waals surface area contributed by atoms with Gasteiger partial charge in [-0.3, -0.25) is 0 Å². The van der Waals surface area contributed by atoms with E-state index < -0.39 is 0 Å². The Balaban J connectivity index is 0. The van der Waals surface area contributed by atoms with Crippen LogP contribution in [0.4, 0.5) is 0 Å². The SMILES string of the molecule is CCCCCCCCCCCCC(CCCCCCCCCC)CO/C=C(\CC)CCCC.CCCCCCCCCCCCC(CCCCCCCCCC)COCC(CC)CCCC. The third kappa shape index (κ3) is 54.4. The van der Waals surface area contributed by atoms with E-state index >= 15 is 0 Å². The van der Waals surface area contributed by atoms with Gasteiger partial charge in [0.1, 0.15) is 0 Å². The Hall–Kier alpha value is -0.500. The summed E-state index contributed by atoms with van der Waals surface area (Å²) < 4.78 is 12.5. The molecule has 2 nitrogen and oxygen atoms in total. The first-order chi connectivity index (χ1) is 32.6. The summed E-state index contributed by atoms with van der Waals surface area (Å²) in [6.45, 7) is 21.4. The predicted octanol–water partition coefficient (Wildman–Crippen LogP) is 23.6. The summed E-state index contributed by atoms with van der Waals surface area (Å²) in [4.78, 5) is 0. The lowest BCUT2D eigenvalue weighted by Crippen LogP contribution is -2.15. The van der Waals surface area contributed by atoms with Crippen LogP contribution >= 0.6 is 0 Å². The van der Waals surface area contributed by atoms with E-state index in [4.69, 9.17) is 9.47 Å². The van der Waals surface area contributed by atoms with Crippen LogP contribution in [0, 0.1) is 17.8 Å². The number of allylic oxidation sites excluding steroid dienone is 1. The normalized spacial score (nSPS) is 13.2. The molecule has 3 atom stereocenters. The van der Waals surface area contributed by atoms with Crippen LogP contribution in [-0.4, -0.2) is 19.8 Å². The van der Waals surface area contributed by atoms with E-state index in [2.05, 4.69) is 61.7 Å². The van der Waals surface area contributed by atoms with Crippen molar-refractivity contribution in [2.45, 2.75) is 364 Å². The molecule has 0 aliphatic carbocycles. The molecule has 2 heteroatoms. The minimum absolute atomic E-state index is 0.764. The molecule has 0 saturated heterocycles. The summed E-state index contributed by atoms with van der Waals surface area (Å²) >= 11 is 0. The first-order valence-corrected chi connectivity index (χ1v) is 31.4. The highest BCUT2D eigenvalue weighted by atomic mass is 16.5. The van der Waals surface area contributed by atoms with Crippen molar-refractivity contribution in [1.82, 2.24) is 0 Å². The first kappa shape index (κ1) is 67.6. The van der Waals surface area contributed by atoms with Gasteiger partial charge in [-0.1, -0.05) is 312 Å². The number of hydrogen-bond donors (Lipinski definition) is 0. The molecule has 0 bridgehead atoms. The summed E-state index contributed by atoms with van der Waals surface area (Å²) in [7, 11) is 0. The van der Waals surface area contributed by atoms with Crippen molar-refractivity contribution in [2.24, 2.45) is 17.8 Å². The van der Waals surface area contributed by atoms with Gasteiger partial charge in [0.05, 0.1) is 12.9 Å². The van der Waals surface area contributed by atoms with Crippen molar-refractivity contribution in [2.75, 3.05) is 19.8 Å². The molecule has 66 heavy (non-hydrogen) atoms. The van der Waals surface area contributed by atoms with Crippen LogP contribution < -0.4 is 0 Å². The molecule has 0 aromatic rings. The molecule has 398 valence electrons. The highest BCUT2D eigenvalue weighted by molar-refractivity contribution is 4.96. The van der Waals surface area contributed by atoms with Gasteiger partial charge < -0.3 is 9.47 Å². The van der Waals surface area contributed by atoms with Gasteiger partial charge in [-0.05, 0) is 74.7 Å². The van der Waals surface area contributed by atoms with Crippen molar-refractivity contribution < 1.29 is 9.47 Å². The van der Waals surface area contributed by atoms with E-state index in [0.717, 1.165) is 44.0 Å². The molecule has 3 unspecified atom stereocenters. The molecule has 0 aromatic carbocycles. The monoisotopic (exact) mass is 931 g/mol. The average molecular weight is 932 g/mol. The maximum atomic E-state index is 6.31. The number of unbranched alkanes of at least 4 members (excludes halogenated alkanes) is 34. The average Bonchev–Trinajstić information content (AvgIpc) is 3.33. The van der Waals surface area contributed by atoms with Crippen molar-refractivity contribution in [1.29, 1.82) is 0 Å². The molecular formula is C64H130O2. The van der Waals surface area contributed by atoms with Crippen molar-refractivity contribution >= 4 is 0 Å². The largest absolute Gasteiger partial charge is 0.501 e. The van der Waals surface area contributed by atoms with Crippen LogP contribution in [0.1, 0.15) is 364 Å². The zero-order valence-corrected chi connectivity index (χ0v) is 47.7. The molecule has 0 saturated carbocycles. The second-order valence-corrected chi connectivity index (χ2v) is 21.7. The fourth-order valence-corrected chi connectivity index (χ4v) is 9.92. The van der Waals surface area contributed by atoms with Crippen LogP contribution in [0.2, 0.25) is 0 Å². The molecule has 0 aliphatic rings. The van der Waals surface area contributed by atoms with Gasteiger partial charge in [-0.15, -0.1) is 0 Å². The molecule has 0 aliphatic heterocycles. The summed E-state index contributed by atoms with van der Waals surface area (Å²) in [6, 6.07) is 0. The molecule has 0 aromatic heterocycles. The van der Waals surface area contributed by atoms with Crippen LogP contribution in [0.3, 0.4) is 0 Å². The lowest BCUT2D eigenvalue weighted by molar-refractivity contribution is 0.0608. The zero-order chi connectivity index (χ0) is 48.5. The van der Waals surface area contributed by atoms with E-state index in [1.807, 2.05) is 0 Å². The fraction of sp³-hybridized carbons (Fsp3) is 0.969. The quantitative estimate of drug-likeness (QED) is 0.0447. The summed E-state index contributed by atoms with van der Waals surface area (Å²) in [5.41, 5.74) is 1.50. The second kappa shape index (κ2) is 60.6. The van der Waals surface area contributed by atoms with Gasteiger partial charge in [0.25, 0.3) is 0 Å². The van der Waals surface area contributed by atoms with Gasteiger partial charge in [0, 0.05) is 13.2 Å². The molecule has 0 amide bonds. The smallest absolute Gasteiger partial charge is 0.0901 e. The van der Waals surface area contributed by atoms with Gasteiger partial charge in [-0.2, -0.15) is 0 Å². The number of rotatable bonds is 55. The van der Waals surface area contributed by atoms with Crippen molar-refractivity contribution in [3.63, 3.8) is 0 Å². The molecule has 0 N–H and O–H groups in total. The van der Waals surface area contributed by atoms with Gasteiger partial charge in [0.2, 0.25) is 0 Å². The van der Waals surface area contributed by atoms with E-state index in [1.54, 1.807) is 0 Å². The molecule has 0 rings (SSSR count). The minimum Gasteiger partial charge on any atom is -0.501 e. The summed E-state index contributed by atoms with van der Waals surface area (Å²) in [5.74, 6) is 2.36. The Kier molecular flexibility index (Phi) is 62.1. The van der Waals surface area contributed by atoms with Gasteiger partial charge in [0.15, 0.2) is 0 Å². The standard InChI is InChI=1S/C32H66O.C32H64O/c2*1-5-9-12-14-16-18-19-21-23-25-28-32(27-24-22-20-17-15-13-10-6-2)30-33-29-31(8-4)26-11-7-3/h31-32H,5-30H2,1-4H3;29,32H,5-28,30H2,1-4H3/b;31-29+. The molecule has 0 spiro atoms. The Morgan fingerprint density at radius 1 is 0.288 bits per heavy atom. The van der Waals surface area contributed by atoms with Gasteiger partial charge in [-0.25, -0.2) is 0 Å². The third-order valence-electron chi connectivity index (χ3n) is 15.0. The van der Waals surface area contributed by atoms with Crippen molar-refractivity contribution in [3.05, 3.63) is 11.8 Å². The van der Waals surface area contributed by atoms with Crippen LogP contribution in [0.5, 0.6) is 0 Å². The Bertz CT molecular complexity index is 865. The van der Waals surface area contributed by atoms with E-state index in [-0.39, 0.29) is 0 Å². The van der Waals surface area contributed by atoms with Crippen molar-refractivity contribution in [3.8, 4) is 0 Å². The highest BCUT2D eigenvalue weighted by Crippen LogP contribution is 2.24.